The van der Waals surface area contributed by atoms with Crippen molar-refractivity contribution in [1.82, 2.24) is 4.90 Å². The molecule has 0 aliphatic rings. The molecule has 0 spiro atoms. The van der Waals surface area contributed by atoms with Gasteiger partial charge in [-0.05, 0) is 51.0 Å². The van der Waals surface area contributed by atoms with Gasteiger partial charge >= 0.3 is 6.09 Å². The molecule has 8 heteroatoms. The van der Waals surface area contributed by atoms with Crippen LogP contribution in [0.2, 0.25) is 0 Å². The van der Waals surface area contributed by atoms with Crippen LogP contribution in [0.25, 0.3) is 0 Å². The van der Waals surface area contributed by atoms with E-state index in [1.165, 1.54) is 11.2 Å². The molecule has 0 saturated heterocycles. The van der Waals surface area contributed by atoms with Gasteiger partial charge < -0.3 is 10.1 Å². The minimum Gasteiger partial charge on any atom is -0.445 e. The first-order valence-corrected chi connectivity index (χ1v) is 13.0. The van der Waals surface area contributed by atoms with Crippen molar-refractivity contribution in [2.75, 3.05) is 42.3 Å². The topological polar surface area (TPSA) is 75.7 Å². The van der Waals surface area contributed by atoms with Gasteiger partial charge in [-0.3, -0.25) is 4.90 Å². The molecule has 1 amide bonds. The van der Waals surface area contributed by atoms with E-state index in [0.29, 0.717) is 5.88 Å². The molecule has 1 aromatic carbocycles. The summed E-state index contributed by atoms with van der Waals surface area (Å²) in [6, 6.07) is 7.73. The van der Waals surface area contributed by atoms with Crippen molar-refractivity contribution >= 4 is 32.5 Å². The number of sulfone groups is 1. The molecule has 0 fully saturated rings. The predicted octanol–water partition coefficient (Wildman–Crippen LogP) is 3.10. The number of anilines is 1. The average Bonchev–Trinajstić information content (AvgIpc) is 2.47. The molecule has 1 aromatic rings. The zero-order valence-corrected chi connectivity index (χ0v) is 18.3. The van der Waals surface area contributed by atoms with E-state index in [9.17, 15) is 13.2 Å². The van der Waals surface area contributed by atoms with E-state index in [0.717, 1.165) is 11.3 Å². The van der Waals surface area contributed by atoms with Gasteiger partial charge in [-0.2, -0.15) is 0 Å². The molecule has 0 radical (unpaired) electrons. The van der Waals surface area contributed by atoms with Gasteiger partial charge in [-0.15, -0.1) is 0 Å². The standard InChI is InChI=1S/C18H32N2O4S2/c1-18(2,3)19-16-9-7-15(8-10-16)13-24-17(21)20(14-25(4)5)11-12-26(6,22)23/h7-10,19,25H,11-14H2,1-6H3. The maximum absolute atomic E-state index is 12.3. The third-order valence-electron chi connectivity index (χ3n) is 3.28. The lowest BCUT2D eigenvalue weighted by molar-refractivity contribution is 0.105. The van der Waals surface area contributed by atoms with E-state index in [1.54, 1.807) is 0 Å². The van der Waals surface area contributed by atoms with Gasteiger partial charge in [0.15, 0.2) is 0 Å². The second-order valence-electron chi connectivity index (χ2n) is 7.74. The molecule has 0 saturated carbocycles. The summed E-state index contributed by atoms with van der Waals surface area (Å²) in [6.07, 6.45) is 4.78. The molecular formula is C18H32N2O4S2. The van der Waals surface area contributed by atoms with Crippen LogP contribution in [-0.2, 0) is 21.2 Å². The summed E-state index contributed by atoms with van der Waals surface area (Å²) in [6.45, 7) is 6.58. The number of ether oxygens (including phenoxy) is 1. The summed E-state index contributed by atoms with van der Waals surface area (Å²) in [5, 5.41) is 3.37. The summed E-state index contributed by atoms with van der Waals surface area (Å²) >= 11 is 0. The largest absolute Gasteiger partial charge is 0.445 e. The van der Waals surface area contributed by atoms with Crippen molar-refractivity contribution in [1.29, 1.82) is 0 Å². The maximum Gasteiger partial charge on any atom is 0.410 e. The van der Waals surface area contributed by atoms with Crippen molar-refractivity contribution in [3.8, 4) is 0 Å². The van der Waals surface area contributed by atoms with Crippen molar-refractivity contribution in [2.45, 2.75) is 32.9 Å². The molecular weight excluding hydrogens is 372 g/mol. The molecule has 0 heterocycles. The zero-order valence-electron chi connectivity index (χ0n) is 16.6. The fourth-order valence-electron chi connectivity index (χ4n) is 2.19. The third kappa shape index (κ3) is 9.91. The molecule has 1 N–H and O–H groups in total. The minimum atomic E-state index is -3.12. The van der Waals surface area contributed by atoms with Gasteiger partial charge in [0.25, 0.3) is 0 Å². The van der Waals surface area contributed by atoms with E-state index in [1.807, 2.05) is 36.8 Å². The molecule has 1 rings (SSSR count). The van der Waals surface area contributed by atoms with Gasteiger partial charge in [0.05, 0.1) is 11.6 Å². The van der Waals surface area contributed by atoms with E-state index in [-0.39, 0.29) is 35.3 Å². The van der Waals surface area contributed by atoms with E-state index in [2.05, 4.69) is 26.1 Å². The first-order chi connectivity index (χ1) is 11.9. The fraction of sp³-hybridized carbons (Fsp3) is 0.611. The van der Waals surface area contributed by atoms with Gasteiger partial charge in [0.2, 0.25) is 0 Å². The number of hydrogen-bond donors (Lipinski definition) is 2. The van der Waals surface area contributed by atoms with Crippen LogP contribution >= 0.6 is 10.9 Å². The summed E-state index contributed by atoms with van der Waals surface area (Å²) in [5.41, 5.74) is 1.87. The summed E-state index contributed by atoms with van der Waals surface area (Å²) < 4.78 is 28.1. The average molecular weight is 405 g/mol. The number of hydrogen-bond acceptors (Lipinski definition) is 5. The highest BCUT2D eigenvalue weighted by Gasteiger charge is 2.18. The van der Waals surface area contributed by atoms with Crippen LogP contribution in [0.4, 0.5) is 10.5 Å². The number of benzene rings is 1. The summed E-state index contributed by atoms with van der Waals surface area (Å²) in [5.74, 6) is 0.469. The molecule has 26 heavy (non-hydrogen) atoms. The molecule has 0 aromatic heterocycles. The fourth-order valence-corrected chi connectivity index (χ4v) is 3.68. The normalized spacial score (nSPS) is 12.5. The van der Waals surface area contributed by atoms with Crippen LogP contribution < -0.4 is 5.32 Å². The summed E-state index contributed by atoms with van der Waals surface area (Å²) in [4.78, 5) is 13.8. The van der Waals surface area contributed by atoms with Gasteiger partial charge in [0, 0.05) is 24.0 Å². The van der Waals surface area contributed by atoms with Crippen molar-refractivity contribution < 1.29 is 17.9 Å². The Kier molecular flexibility index (Phi) is 8.27. The number of rotatable bonds is 8. The molecule has 0 aliphatic heterocycles. The Bertz CT molecular complexity index is 680. The summed E-state index contributed by atoms with van der Waals surface area (Å²) in [7, 11) is -3.51. The minimum absolute atomic E-state index is 0.0211. The molecule has 0 aliphatic carbocycles. The van der Waals surface area contributed by atoms with E-state index >= 15 is 0 Å². The smallest absolute Gasteiger partial charge is 0.410 e. The Balaban J connectivity index is 2.63. The van der Waals surface area contributed by atoms with Crippen LogP contribution in [0.1, 0.15) is 26.3 Å². The maximum atomic E-state index is 12.3. The zero-order chi connectivity index (χ0) is 20.0. The number of amides is 1. The van der Waals surface area contributed by atoms with Gasteiger partial charge in [-0.1, -0.05) is 12.1 Å². The first-order valence-electron chi connectivity index (χ1n) is 8.47. The highest BCUT2D eigenvalue weighted by Crippen LogP contribution is 2.18. The van der Waals surface area contributed by atoms with Crippen LogP contribution in [0.15, 0.2) is 24.3 Å². The number of nitrogens with one attached hydrogen (secondary N) is 1. The Labute approximate surface area is 160 Å². The van der Waals surface area contributed by atoms with Gasteiger partial charge in [-0.25, -0.2) is 24.1 Å². The number of nitrogens with zero attached hydrogens (tertiary/aromatic N) is 1. The van der Waals surface area contributed by atoms with Crippen LogP contribution in [-0.4, -0.2) is 61.9 Å². The number of thiol groups is 1. The lowest BCUT2D eigenvalue weighted by Crippen LogP contribution is -2.36. The first kappa shape index (κ1) is 22.6. The van der Waals surface area contributed by atoms with Crippen LogP contribution in [0.3, 0.4) is 0 Å². The van der Waals surface area contributed by atoms with Gasteiger partial charge in [0.1, 0.15) is 16.4 Å². The number of carbonyl (C=O) groups excluding carboxylic acids is 1. The van der Waals surface area contributed by atoms with Crippen molar-refractivity contribution in [2.24, 2.45) is 0 Å². The highest BCUT2D eigenvalue weighted by atomic mass is 32.2. The van der Waals surface area contributed by atoms with Crippen molar-refractivity contribution in [3.05, 3.63) is 29.8 Å². The predicted molar refractivity (Wildman–Crippen MR) is 112 cm³/mol. The molecule has 6 nitrogen and oxygen atoms in total. The highest BCUT2D eigenvalue weighted by molar-refractivity contribution is 8.15. The van der Waals surface area contributed by atoms with Crippen LogP contribution in [0.5, 0.6) is 0 Å². The Morgan fingerprint density at radius 3 is 2.23 bits per heavy atom. The Hall–Kier alpha value is -1.41. The Morgan fingerprint density at radius 2 is 1.77 bits per heavy atom. The molecule has 0 unspecified atom stereocenters. The van der Waals surface area contributed by atoms with E-state index in [4.69, 9.17) is 4.74 Å². The second-order valence-corrected chi connectivity index (χ2v) is 12.4. The van der Waals surface area contributed by atoms with E-state index < -0.39 is 15.9 Å². The Morgan fingerprint density at radius 1 is 1.19 bits per heavy atom. The molecule has 150 valence electrons. The molecule has 0 atom stereocenters. The second kappa shape index (κ2) is 9.50. The van der Waals surface area contributed by atoms with Crippen LogP contribution in [0, 0.1) is 0 Å². The quantitative estimate of drug-likeness (QED) is 0.651. The SMILES string of the molecule is C[SH](C)CN(CCS(C)(=O)=O)C(=O)OCc1ccc(NC(C)(C)C)cc1. The van der Waals surface area contributed by atoms with Crippen molar-refractivity contribution in [3.63, 3.8) is 0 Å². The lowest BCUT2D eigenvalue weighted by Gasteiger charge is -2.25. The monoisotopic (exact) mass is 404 g/mol. The third-order valence-corrected chi connectivity index (χ3v) is 5.11. The number of carbonyl (C=O) groups is 1. The molecule has 0 bridgehead atoms. The lowest BCUT2D eigenvalue weighted by atomic mass is 10.1.